The van der Waals surface area contributed by atoms with Crippen LogP contribution in [0.25, 0.3) is 0 Å². The van der Waals surface area contributed by atoms with Gasteiger partial charge in [-0.2, -0.15) is 0 Å². The van der Waals surface area contributed by atoms with Crippen molar-refractivity contribution in [3.8, 4) is 0 Å². The fraction of sp³-hybridized carbons (Fsp3) is 0.667. The molecule has 0 atom stereocenters. The van der Waals surface area contributed by atoms with Crippen molar-refractivity contribution in [1.82, 2.24) is 0 Å². The maximum absolute atomic E-state index is 11.6. The topological polar surface area (TPSA) is 17.1 Å². The second kappa shape index (κ2) is 7.94. The van der Waals surface area contributed by atoms with Crippen molar-refractivity contribution in [3.63, 3.8) is 0 Å². The molecule has 0 N–H and O–H groups in total. The Kier molecular flexibility index (Phi) is 7.70. The zero-order valence-corrected chi connectivity index (χ0v) is 10.7. The van der Waals surface area contributed by atoms with E-state index in [-0.39, 0.29) is 0 Å². The van der Waals surface area contributed by atoms with Gasteiger partial charge in [0, 0.05) is 0 Å². The normalized spacial score (nSPS) is 14.4. The fourth-order valence-electron chi connectivity index (χ4n) is 1.39. The molecule has 0 bridgehead atoms. The number of hydrogen-bond acceptors (Lipinski definition) is 1. The predicted molar refractivity (Wildman–Crippen MR) is 64.9 cm³/mol. The van der Waals surface area contributed by atoms with Gasteiger partial charge < -0.3 is 0 Å². The van der Waals surface area contributed by atoms with Gasteiger partial charge in [-0.1, -0.05) is 31.3 Å². The highest BCUT2D eigenvalue weighted by Gasteiger charge is 2.08. The largest absolute Gasteiger partial charge is 0.399 e. The van der Waals surface area contributed by atoms with Crippen molar-refractivity contribution >= 4 is 7.80 Å². The summed E-state index contributed by atoms with van der Waals surface area (Å²) in [4.78, 5) is 0. The zero-order valence-electron chi connectivity index (χ0n) is 9.84. The summed E-state index contributed by atoms with van der Waals surface area (Å²) in [6.45, 7) is 8.39. The molecule has 0 aliphatic heterocycles. The van der Waals surface area contributed by atoms with E-state index in [1.165, 1.54) is 11.1 Å². The summed E-state index contributed by atoms with van der Waals surface area (Å²) in [7, 11) is -1.26. The lowest BCUT2D eigenvalue weighted by atomic mass is 10.2. The van der Waals surface area contributed by atoms with Gasteiger partial charge in [0.25, 0.3) is 0 Å². The van der Waals surface area contributed by atoms with E-state index in [0.29, 0.717) is 0 Å². The Morgan fingerprint density at radius 3 is 1.64 bits per heavy atom. The first-order chi connectivity index (χ1) is 6.60. The average molecular weight is 213 g/mol. The van der Waals surface area contributed by atoms with E-state index in [4.69, 9.17) is 0 Å². The van der Waals surface area contributed by atoms with E-state index in [2.05, 4.69) is 27.7 Å². The first kappa shape index (κ1) is 13.6. The second-order valence-electron chi connectivity index (χ2n) is 3.81. The lowest BCUT2D eigenvalue weighted by Crippen LogP contribution is -1.74. The third-order valence-corrected chi connectivity index (χ3v) is 3.37. The highest BCUT2D eigenvalue weighted by molar-refractivity contribution is 7.51. The molecule has 0 amide bonds. The van der Waals surface area contributed by atoms with Crippen molar-refractivity contribution in [1.29, 1.82) is 0 Å². The van der Waals surface area contributed by atoms with Crippen LogP contribution in [0.5, 0.6) is 0 Å². The Morgan fingerprint density at radius 2 is 1.36 bits per heavy atom. The third-order valence-electron chi connectivity index (χ3n) is 1.98. The first-order valence-corrected chi connectivity index (χ1v) is 6.80. The number of rotatable bonds is 6. The zero-order chi connectivity index (χ0) is 11.0. The van der Waals surface area contributed by atoms with Crippen LogP contribution in [0.2, 0.25) is 0 Å². The molecule has 2 heteroatoms. The SMILES string of the molecule is CCCC(C)=C[P+](=O)C=C(C)CCC. The van der Waals surface area contributed by atoms with Gasteiger partial charge >= 0.3 is 7.80 Å². The maximum Gasteiger partial charge on any atom is 0.399 e. The minimum Gasteiger partial charge on any atom is -0.0651 e. The van der Waals surface area contributed by atoms with E-state index >= 15 is 0 Å². The lowest BCUT2D eigenvalue weighted by Gasteiger charge is -1.91. The van der Waals surface area contributed by atoms with Gasteiger partial charge in [0.1, 0.15) is 0 Å². The van der Waals surface area contributed by atoms with Crippen LogP contribution in [0.15, 0.2) is 22.8 Å². The van der Waals surface area contributed by atoms with Crippen molar-refractivity contribution in [2.75, 3.05) is 0 Å². The van der Waals surface area contributed by atoms with Crippen molar-refractivity contribution < 1.29 is 4.57 Å². The molecule has 0 fully saturated rings. The van der Waals surface area contributed by atoms with Gasteiger partial charge in [-0.05, 0) is 37.8 Å². The van der Waals surface area contributed by atoms with Crippen LogP contribution in [0, 0.1) is 0 Å². The van der Waals surface area contributed by atoms with Gasteiger partial charge in [-0.25, -0.2) is 0 Å². The minimum absolute atomic E-state index is 1.06. The average Bonchev–Trinajstić information content (AvgIpc) is 2.03. The number of allylic oxidation sites excluding steroid dienone is 2. The van der Waals surface area contributed by atoms with Crippen molar-refractivity contribution in [2.24, 2.45) is 0 Å². The highest BCUT2D eigenvalue weighted by atomic mass is 31.1. The Bertz CT molecular complexity index is 215. The quantitative estimate of drug-likeness (QED) is 0.553. The summed E-state index contributed by atoms with van der Waals surface area (Å²) in [6.07, 6.45) is 4.37. The summed E-state index contributed by atoms with van der Waals surface area (Å²) in [5.74, 6) is 3.80. The van der Waals surface area contributed by atoms with Gasteiger partial charge in [-0.3, -0.25) is 0 Å². The fourth-order valence-corrected chi connectivity index (χ4v) is 2.59. The molecule has 1 nitrogen and oxygen atoms in total. The standard InChI is InChI=1S/C12H22OP/c1-5-7-11(3)9-14(13)10-12(4)8-6-2/h9-10H,5-8H2,1-4H3/q+1. The van der Waals surface area contributed by atoms with Gasteiger partial charge in [-0.15, -0.1) is 0 Å². The molecule has 0 aliphatic rings. The van der Waals surface area contributed by atoms with Gasteiger partial charge in [0.15, 0.2) is 11.6 Å². The molecule has 0 radical (unpaired) electrons. The maximum atomic E-state index is 11.6. The van der Waals surface area contributed by atoms with Crippen LogP contribution in [0.3, 0.4) is 0 Å². The summed E-state index contributed by atoms with van der Waals surface area (Å²) < 4.78 is 11.6. The van der Waals surface area contributed by atoms with Crippen LogP contribution in [0.4, 0.5) is 0 Å². The van der Waals surface area contributed by atoms with E-state index in [0.717, 1.165) is 25.7 Å². The molecular weight excluding hydrogens is 191 g/mol. The van der Waals surface area contributed by atoms with Crippen LogP contribution < -0.4 is 0 Å². The Morgan fingerprint density at radius 1 is 1.00 bits per heavy atom. The summed E-state index contributed by atoms with van der Waals surface area (Å²) in [5, 5.41) is 0. The number of hydrogen-bond donors (Lipinski definition) is 0. The molecule has 14 heavy (non-hydrogen) atoms. The molecule has 0 heterocycles. The Balaban J connectivity index is 4.21. The van der Waals surface area contributed by atoms with Gasteiger partial charge in [0.05, 0.1) is 0 Å². The molecule has 0 rings (SSSR count). The molecule has 0 aromatic heterocycles. The van der Waals surface area contributed by atoms with Crippen LogP contribution in [-0.2, 0) is 4.57 Å². The Hall–Kier alpha value is -0.420. The molecule has 0 aromatic carbocycles. The van der Waals surface area contributed by atoms with E-state index < -0.39 is 7.80 Å². The minimum atomic E-state index is -1.26. The van der Waals surface area contributed by atoms with Crippen LogP contribution >= 0.6 is 7.80 Å². The summed E-state index contributed by atoms with van der Waals surface area (Å²) in [6, 6.07) is 0. The summed E-state index contributed by atoms with van der Waals surface area (Å²) >= 11 is 0. The molecule has 0 aliphatic carbocycles. The van der Waals surface area contributed by atoms with Crippen molar-refractivity contribution in [3.05, 3.63) is 22.8 Å². The second-order valence-corrected chi connectivity index (χ2v) is 5.05. The van der Waals surface area contributed by atoms with Gasteiger partial charge in [0.2, 0.25) is 0 Å². The monoisotopic (exact) mass is 213 g/mol. The lowest BCUT2D eigenvalue weighted by molar-refractivity contribution is 0.597. The van der Waals surface area contributed by atoms with E-state index in [1.54, 1.807) is 0 Å². The van der Waals surface area contributed by atoms with Crippen LogP contribution in [-0.4, -0.2) is 0 Å². The molecule has 80 valence electrons. The third kappa shape index (κ3) is 7.03. The molecule has 0 unspecified atom stereocenters. The van der Waals surface area contributed by atoms with Crippen LogP contribution in [0.1, 0.15) is 53.4 Å². The molecule has 0 saturated heterocycles. The molecule has 0 saturated carbocycles. The smallest absolute Gasteiger partial charge is 0.0651 e. The summed E-state index contributed by atoms with van der Waals surface area (Å²) in [5.41, 5.74) is 2.49. The van der Waals surface area contributed by atoms with E-state index in [9.17, 15) is 4.57 Å². The Labute approximate surface area is 89.1 Å². The molecule has 0 aromatic rings. The molecule has 0 spiro atoms. The highest BCUT2D eigenvalue weighted by Crippen LogP contribution is 2.29. The van der Waals surface area contributed by atoms with E-state index in [1.807, 2.05) is 11.6 Å². The predicted octanol–water partition coefficient (Wildman–Crippen LogP) is 5.22. The first-order valence-electron chi connectivity index (χ1n) is 5.40. The van der Waals surface area contributed by atoms with Crippen molar-refractivity contribution in [2.45, 2.75) is 53.4 Å². The molecular formula is C12H22OP+.